The second kappa shape index (κ2) is 18.3. The van der Waals surface area contributed by atoms with Crippen molar-refractivity contribution in [3.63, 3.8) is 0 Å². The summed E-state index contributed by atoms with van der Waals surface area (Å²) in [5.74, 6) is 0.279. The number of thioether (sulfide) groups is 1. The van der Waals surface area contributed by atoms with Gasteiger partial charge in [-0.1, -0.05) is 41.1 Å². The molecule has 1 aliphatic rings. The summed E-state index contributed by atoms with van der Waals surface area (Å²) in [7, 11) is 5.07. The molecule has 1 aromatic carbocycles. The largest absolute Gasteiger partial charge is 0.496 e. The van der Waals surface area contributed by atoms with Crippen LogP contribution in [0.25, 0.3) is 0 Å². The Kier molecular flexibility index (Phi) is 15.6. The summed E-state index contributed by atoms with van der Waals surface area (Å²) in [4.78, 5) is 51.3. The van der Waals surface area contributed by atoms with Gasteiger partial charge in [-0.25, -0.2) is 14.4 Å². The molecular weight excluding hydrogens is 615 g/mol. The van der Waals surface area contributed by atoms with Gasteiger partial charge in [0.2, 0.25) is 5.91 Å². The number of hydrogen-bond acceptors (Lipinski definition) is 11. The van der Waals surface area contributed by atoms with Crippen molar-refractivity contribution in [2.24, 2.45) is 0 Å². The monoisotopic (exact) mass is 657 g/mol. The first-order valence-electron chi connectivity index (χ1n) is 13.8. The summed E-state index contributed by atoms with van der Waals surface area (Å²) in [5.41, 5.74) is 0.298. The second-order valence-electron chi connectivity index (χ2n) is 10.8. The number of hydrogen-bond donors (Lipinski definition) is 3. The molecule has 1 aromatic rings. The fourth-order valence-electron chi connectivity index (χ4n) is 4.52. The number of carbonyl (C=O) groups is 4. The van der Waals surface area contributed by atoms with Gasteiger partial charge < -0.3 is 30.0 Å². The van der Waals surface area contributed by atoms with Crippen molar-refractivity contribution in [2.75, 3.05) is 45.1 Å². The lowest BCUT2D eigenvalue weighted by Crippen LogP contribution is -2.49. The molecule has 1 heterocycles. The van der Waals surface area contributed by atoms with Crippen LogP contribution < -0.4 is 15.4 Å². The number of para-hydroxylation sites is 1. The number of benzene rings is 1. The molecular formula is C29H43N3O8S3. The van der Waals surface area contributed by atoms with E-state index in [0.29, 0.717) is 37.4 Å². The summed E-state index contributed by atoms with van der Waals surface area (Å²) in [6.45, 7) is 6.22. The zero-order valence-corrected chi connectivity index (χ0v) is 27.9. The fourth-order valence-corrected chi connectivity index (χ4v) is 6.70. The maximum Gasteiger partial charge on any atom is 0.408 e. The van der Waals surface area contributed by atoms with Crippen LogP contribution in [0.4, 0.5) is 9.59 Å². The van der Waals surface area contributed by atoms with Gasteiger partial charge in [-0.15, -0.1) is 0 Å². The Morgan fingerprint density at radius 3 is 2.51 bits per heavy atom. The molecule has 0 unspecified atom stereocenters. The van der Waals surface area contributed by atoms with Crippen LogP contribution in [0.5, 0.6) is 5.75 Å². The molecule has 43 heavy (non-hydrogen) atoms. The van der Waals surface area contributed by atoms with E-state index < -0.39 is 41.1 Å². The Balaban J connectivity index is 2.24. The fraction of sp³-hybridized carbons (Fsp3) is 0.586. The number of methoxy groups -OCH3 is 2. The first-order chi connectivity index (χ1) is 20.4. The van der Waals surface area contributed by atoms with E-state index >= 15 is 0 Å². The third kappa shape index (κ3) is 12.9. The van der Waals surface area contributed by atoms with Crippen LogP contribution in [-0.4, -0.2) is 102 Å². The summed E-state index contributed by atoms with van der Waals surface area (Å²) < 4.78 is 15.6. The zero-order chi connectivity index (χ0) is 32.0. The Morgan fingerprint density at radius 1 is 1.16 bits per heavy atom. The van der Waals surface area contributed by atoms with Crippen molar-refractivity contribution in [2.45, 2.75) is 63.3 Å². The van der Waals surface area contributed by atoms with Gasteiger partial charge in [0.05, 0.1) is 26.3 Å². The standard InChI is InChI=1S/C29H43N3O8S3/c1-29(2,3)40-27(36)30-20(18-42-43-28(37)39-5)10-9-14-32-17-19(21-11-7-8-12-24(21)38-4)16-23(32)25(33)31-22(26(34)35)13-15-41-6/h7-12,19-20,22-23H,13-18H2,1-6H3,(H,30,36)(H,31,33)(H,34,35)/b10-9+/t19-,20+,22-,23-/m0/s1. The molecule has 0 saturated carbocycles. The number of rotatable bonds is 15. The SMILES string of the molecule is COC(=O)SSC[C@@H](/C=C/CN1C[C@@H](c2ccccc2OC)C[C@H]1C(=O)N[C@@H](CCSC)C(=O)O)NC(=O)OC(C)(C)C. The highest BCUT2D eigenvalue weighted by atomic mass is 33.1. The molecule has 1 saturated heterocycles. The smallest absolute Gasteiger partial charge is 0.408 e. The van der Waals surface area contributed by atoms with Crippen LogP contribution in [0, 0.1) is 0 Å². The maximum atomic E-state index is 13.5. The molecule has 2 amide bonds. The maximum absolute atomic E-state index is 13.5. The summed E-state index contributed by atoms with van der Waals surface area (Å²) >= 11 is 1.52. The lowest BCUT2D eigenvalue weighted by Gasteiger charge is -2.24. The van der Waals surface area contributed by atoms with Crippen LogP contribution in [-0.2, 0) is 19.1 Å². The van der Waals surface area contributed by atoms with Crippen LogP contribution in [0.15, 0.2) is 36.4 Å². The molecule has 2 rings (SSSR count). The van der Waals surface area contributed by atoms with Crippen LogP contribution >= 0.6 is 33.3 Å². The van der Waals surface area contributed by atoms with E-state index in [1.54, 1.807) is 34.0 Å². The average molecular weight is 658 g/mol. The lowest BCUT2D eigenvalue weighted by atomic mass is 9.95. The number of nitrogens with one attached hydrogen (secondary N) is 2. The predicted molar refractivity (Wildman–Crippen MR) is 173 cm³/mol. The third-order valence-electron chi connectivity index (χ3n) is 6.46. The molecule has 0 spiro atoms. The second-order valence-corrected chi connectivity index (χ2v) is 14.1. The van der Waals surface area contributed by atoms with Crippen molar-refractivity contribution in [3.05, 3.63) is 42.0 Å². The van der Waals surface area contributed by atoms with Gasteiger partial charge in [0, 0.05) is 35.6 Å². The van der Waals surface area contributed by atoms with Crippen LogP contribution in [0.1, 0.15) is 45.1 Å². The summed E-state index contributed by atoms with van der Waals surface area (Å²) in [5, 5.41) is 14.8. The van der Waals surface area contributed by atoms with E-state index in [9.17, 15) is 24.3 Å². The number of aliphatic carboxylic acids is 1. The van der Waals surface area contributed by atoms with Gasteiger partial charge in [-0.3, -0.25) is 9.69 Å². The molecule has 14 heteroatoms. The normalized spacial score (nSPS) is 18.6. The zero-order valence-electron chi connectivity index (χ0n) is 25.5. The van der Waals surface area contributed by atoms with Crippen molar-refractivity contribution in [1.82, 2.24) is 15.5 Å². The quantitative estimate of drug-likeness (QED) is 0.136. The van der Waals surface area contributed by atoms with Gasteiger partial charge in [-0.2, -0.15) is 11.8 Å². The molecule has 1 fully saturated rings. The molecule has 3 N–H and O–H groups in total. The number of alkyl carbamates (subject to hydrolysis) is 1. The van der Waals surface area contributed by atoms with Crippen LogP contribution in [0.2, 0.25) is 0 Å². The molecule has 1 aliphatic heterocycles. The first kappa shape index (κ1) is 36.6. The minimum Gasteiger partial charge on any atom is -0.496 e. The molecule has 0 bridgehead atoms. The van der Waals surface area contributed by atoms with Crippen LogP contribution in [0.3, 0.4) is 0 Å². The topological polar surface area (TPSA) is 144 Å². The number of amides is 2. The molecule has 4 atom stereocenters. The minimum absolute atomic E-state index is 0.0162. The number of carbonyl (C=O) groups excluding carboxylic acids is 3. The first-order valence-corrected chi connectivity index (χ1v) is 17.5. The molecule has 240 valence electrons. The van der Waals surface area contributed by atoms with Gasteiger partial charge in [-0.05, 0) is 57.3 Å². The lowest BCUT2D eigenvalue weighted by molar-refractivity contribution is -0.142. The van der Waals surface area contributed by atoms with E-state index in [2.05, 4.69) is 15.4 Å². The highest BCUT2D eigenvalue weighted by Crippen LogP contribution is 2.36. The van der Waals surface area contributed by atoms with E-state index in [1.165, 1.54) is 29.7 Å². The Morgan fingerprint density at radius 2 is 1.88 bits per heavy atom. The summed E-state index contributed by atoms with van der Waals surface area (Å²) in [6.07, 6.45) is 5.77. The number of ether oxygens (including phenoxy) is 3. The van der Waals surface area contributed by atoms with Crippen molar-refractivity contribution in [1.29, 1.82) is 0 Å². The highest BCUT2D eigenvalue weighted by molar-refractivity contribution is 8.82. The molecule has 0 radical (unpaired) electrons. The third-order valence-corrected chi connectivity index (χ3v) is 9.19. The van der Waals surface area contributed by atoms with Gasteiger partial charge in [0.1, 0.15) is 17.4 Å². The summed E-state index contributed by atoms with van der Waals surface area (Å²) in [6, 6.07) is 5.65. The molecule has 11 nitrogen and oxygen atoms in total. The van der Waals surface area contributed by atoms with Gasteiger partial charge in [0.25, 0.3) is 0 Å². The van der Waals surface area contributed by atoms with Crippen molar-refractivity contribution in [3.8, 4) is 5.75 Å². The van der Waals surface area contributed by atoms with Gasteiger partial charge in [0.15, 0.2) is 0 Å². The predicted octanol–water partition coefficient (Wildman–Crippen LogP) is 4.77. The molecule has 0 aliphatic carbocycles. The average Bonchev–Trinajstić information content (AvgIpc) is 3.37. The number of carboxylic acid groups (broad SMARTS) is 1. The number of nitrogens with zero attached hydrogens (tertiary/aromatic N) is 1. The van der Waals surface area contributed by atoms with E-state index in [1.807, 2.05) is 41.5 Å². The minimum atomic E-state index is -1.06. The van der Waals surface area contributed by atoms with E-state index in [0.717, 1.165) is 22.1 Å². The highest BCUT2D eigenvalue weighted by Gasteiger charge is 2.39. The number of carboxylic acids is 1. The van der Waals surface area contributed by atoms with Gasteiger partial charge >= 0.3 is 17.4 Å². The Labute approximate surface area is 266 Å². The Bertz CT molecular complexity index is 1110. The van der Waals surface area contributed by atoms with Crippen molar-refractivity contribution >= 4 is 56.6 Å². The van der Waals surface area contributed by atoms with E-state index in [4.69, 9.17) is 9.47 Å². The molecule has 0 aromatic heterocycles. The van der Waals surface area contributed by atoms with Crippen molar-refractivity contribution < 1.29 is 38.5 Å². The number of likely N-dealkylation sites (tertiary alicyclic amines) is 1. The Hall–Kier alpha value is -2.55. The van der Waals surface area contributed by atoms with E-state index in [-0.39, 0.29) is 11.8 Å².